The summed E-state index contributed by atoms with van der Waals surface area (Å²) < 4.78 is 21.7. The summed E-state index contributed by atoms with van der Waals surface area (Å²) in [4.78, 5) is 95.6. The van der Waals surface area contributed by atoms with Crippen LogP contribution in [0.15, 0.2) is 24.3 Å². The molecule has 2 amide bonds. The molecule has 0 saturated heterocycles. The molecule has 0 radical (unpaired) electrons. The summed E-state index contributed by atoms with van der Waals surface area (Å²) in [5.74, 6) is -3.82. The lowest BCUT2D eigenvalue weighted by molar-refractivity contribution is -0.141. The van der Waals surface area contributed by atoms with E-state index in [4.69, 9.17) is 29.8 Å². The van der Waals surface area contributed by atoms with Gasteiger partial charge >= 0.3 is 11.9 Å². The second kappa shape index (κ2) is 42.5. The molecule has 0 aliphatic carbocycles. The number of Topliss-reactive ketones (excluding diaryl/α,β-unsaturated/α-hetero) is 4. The lowest BCUT2D eigenvalue weighted by Crippen LogP contribution is -2.41. The molecule has 0 aliphatic heterocycles. The predicted molar refractivity (Wildman–Crippen MR) is 262 cm³/mol. The van der Waals surface area contributed by atoms with Gasteiger partial charge in [-0.25, -0.2) is 0 Å². The maximum absolute atomic E-state index is 12.4. The van der Waals surface area contributed by atoms with Crippen molar-refractivity contribution in [2.75, 3.05) is 65.9 Å². The van der Waals surface area contributed by atoms with Gasteiger partial charge in [0.05, 0.1) is 33.0 Å². The molecule has 0 saturated carbocycles. The SMILES string of the molecule is Cc1ccc(C(=O)NCCCCC(CC(=O)COCCOCCCC(=O)COCCOCCCC(=O)CNC(CC(=O)CCCCCCCCCCCCCCCCC(=O)O)C(=O)O)C(N)=O)cc1. The molecule has 17 nitrogen and oxygen atoms in total. The first-order chi connectivity index (χ1) is 33.3. The summed E-state index contributed by atoms with van der Waals surface area (Å²) in [5.41, 5.74) is 7.16. The van der Waals surface area contributed by atoms with Gasteiger partial charge in [0.2, 0.25) is 5.91 Å². The van der Waals surface area contributed by atoms with Crippen molar-refractivity contribution in [1.82, 2.24) is 10.6 Å². The van der Waals surface area contributed by atoms with Gasteiger partial charge in [0.15, 0.2) is 11.6 Å². The standard InChI is InChI=1S/C52H85N3O14/c1-41-25-27-42(28-26-41)51(63)54-29-17-16-20-43(50(53)62)36-47(59)40-69-35-33-67-31-19-23-46(58)39-68-34-32-66-30-18-22-45(57)38-55-48(52(64)65)37-44(56)21-14-12-10-8-6-4-2-3-5-7-9-11-13-15-24-49(60)61/h25-28,43,48,55H,2-24,29-40H2,1H3,(H2,53,62)(H,54,63)(H,60,61)(H,64,65). The molecule has 2 atom stereocenters. The number of benzene rings is 1. The highest BCUT2D eigenvalue weighted by molar-refractivity contribution is 5.94. The number of carbonyl (C=O) groups is 8. The second-order valence-electron chi connectivity index (χ2n) is 17.9. The number of ketones is 4. The van der Waals surface area contributed by atoms with E-state index in [2.05, 4.69) is 10.6 Å². The Balaban J connectivity index is 1.95. The van der Waals surface area contributed by atoms with Crippen molar-refractivity contribution >= 4 is 46.9 Å². The van der Waals surface area contributed by atoms with Gasteiger partial charge in [0.1, 0.15) is 30.8 Å². The summed E-state index contributed by atoms with van der Waals surface area (Å²) in [5, 5.41) is 23.8. The number of aliphatic carboxylic acids is 2. The van der Waals surface area contributed by atoms with Gasteiger partial charge in [-0.05, 0) is 57.6 Å². The van der Waals surface area contributed by atoms with Crippen LogP contribution in [0, 0.1) is 12.8 Å². The maximum Gasteiger partial charge on any atom is 0.321 e. The highest BCUT2D eigenvalue weighted by Gasteiger charge is 2.22. The Morgan fingerprint density at radius 3 is 1.52 bits per heavy atom. The third-order valence-electron chi connectivity index (χ3n) is 11.6. The molecule has 1 aromatic rings. The van der Waals surface area contributed by atoms with Gasteiger partial charge in [-0.2, -0.15) is 0 Å². The maximum atomic E-state index is 12.4. The van der Waals surface area contributed by atoms with Crippen molar-refractivity contribution in [2.24, 2.45) is 11.7 Å². The molecule has 392 valence electrons. The number of unbranched alkanes of at least 4 members (excludes halogenated alkanes) is 14. The Bertz CT molecular complexity index is 1610. The van der Waals surface area contributed by atoms with Crippen LogP contribution in [0.2, 0.25) is 0 Å². The monoisotopic (exact) mass is 976 g/mol. The van der Waals surface area contributed by atoms with Crippen molar-refractivity contribution in [3.63, 3.8) is 0 Å². The van der Waals surface area contributed by atoms with Crippen LogP contribution in [0.5, 0.6) is 0 Å². The van der Waals surface area contributed by atoms with Crippen LogP contribution < -0.4 is 16.4 Å². The molecule has 0 bridgehead atoms. The molecule has 1 rings (SSSR count). The highest BCUT2D eigenvalue weighted by Crippen LogP contribution is 2.16. The second-order valence-corrected chi connectivity index (χ2v) is 17.9. The number of nitrogens with one attached hydrogen (secondary N) is 2. The molecule has 2 unspecified atom stereocenters. The zero-order valence-corrected chi connectivity index (χ0v) is 41.6. The van der Waals surface area contributed by atoms with Gasteiger partial charge in [0.25, 0.3) is 5.91 Å². The number of nitrogens with two attached hydrogens (primary N) is 1. The molecule has 0 heterocycles. The molecule has 17 heteroatoms. The number of rotatable bonds is 50. The number of ether oxygens (including phenoxy) is 4. The smallest absolute Gasteiger partial charge is 0.321 e. The zero-order chi connectivity index (χ0) is 50.7. The Kier molecular flexibility index (Phi) is 38.5. The number of amides is 2. The Morgan fingerprint density at radius 1 is 0.522 bits per heavy atom. The normalized spacial score (nSPS) is 12.1. The minimum absolute atomic E-state index is 0.0149. The van der Waals surface area contributed by atoms with E-state index in [0.717, 1.165) is 50.5 Å². The van der Waals surface area contributed by atoms with Crippen molar-refractivity contribution in [3.8, 4) is 0 Å². The quantitative estimate of drug-likeness (QED) is 0.0410. The van der Waals surface area contributed by atoms with Gasteiger partial charge in [0, 0.05) is 69.8 Å². The van der Waals surface area contributed by atoms with E-state index < -0.39 is 29.8 Å². The number of carboxylic acids is 2. The molecule has 1 aromatic carbocycles. The molecule has 0 spiro atoms. The third kappa shape index (κ3) is 38.1. The van der Waals surface area contributed by atoms with Crippen molar-refractivity contribution in [3.05, 3.63) is 35.4 Å². The van der Waals surface area contributed by atoms with Crippen LogP contribution in [0.4, 0.5) is 0 Å². The Labute approximate surface area is 410 Å². The Hall–Kier alpha value is -4.42. The lowest BCUT2D eigenvalue weighted by Gasteiger charge is -2.13. The van der Waals surface area contributed by atoms with E-state index in [1.807, 2.05) is 19.1 Å². The van der Waals surface area contributed by atoms with Gasteiger partial charge in [-0.1, -0.05) is 101 Å². The number of hydrogen-bond donors (Lipinski definition) is 5. The van der Waals surface area contributed by atoms with Crippen LogP contribution in [0.1, 0.15) is 176 Å². The van der Waals surface area contributed by atoms with E-state index in [0.29, 0.717) is 63.8 Å². The predicted octanol–water partition coefficient (Wildman–Crippen LogP) is 7.05. The minimum atomic E-state index is -1.16. The molecule has 0 fully saturated rings. The molecule has 0 aliphatic rings. The third-order valence-corrected chi connectivity index (χ3v) is 11.6. The van der Waals surface area contributed by atoms with E-state index in [-0.39, 0.29) is 107 Å². The summed E-state index contributed by atoms with van der Waals surface area (Å²) in [6.45, 7) is 3.52. The lowest BCUT2D eigenvalue weighted by atomic mass is 9.95. The van der Waals surface area contributed by atoms with Crippen molar-refractivity contribution in [1.29, 1.82) is 0 Å². The molecular formula is C52H85N3O14. The largest absolute Gasteiger partial charge is 0.481 e. The van der Waals surface area contributed by atoms with E-state index in [9.17, 15) is 43.5 Å². The summed E-state index contributed by atoms with van der Waals surface area (Å²) in [6, 6.07) is 6.17. The van der Waals surface area contributed by atoms with Gasteiger partial charge < -0.3 is 40.2 Å². The molecule has 0 aromatic heterocycles. The van der Waals surface area contributed by atoms with Crippen molar-refractivity contribution < 1.29 is 67.5 Å². The zero-order valence-electron chi connectivity index (χ0n) is 41.6. The fourth-order valence-electron chi connectivity index (χ4n) is 7.45. The summed E-state index contributed by atoms with van der Waals surface area (Å²) in [6.07, 6.45) is 18.7. The van der Waals surface area contributed by atoms with E-state index in [1.54, 1.807) is 12.1 Å². The Morgan fingerprint density at radius 2 is 1.00 bits per heavy atom. The van der Waals surface area contributed by atoms with Crippen LogP contribution in [-0.2, 0) is 52.5 Å². The average molecular weight is 976 g/mol. The van der Waals surface area contributed by atoms with Crippen molar-refractivity contribution in [2.45, 2.75) is 173 Å². The number of carbonyl (C=O) groups excluding carboxylic acids is 6. The average Bonchev–Trinajstić information content (AvgIpc) is 3.31. The fourth-order valence-corrected chi connectivity index (χ4v) is 7.45. The number of primary amides is 1. The first kappa shape index (κ1) is 62.6. The molecular weight excluding hydrogens is 891 g/mol. The number of aryl methyl sites for hydroxylation is 1. The molecule has 69 heavy (non-hydrogen) atoms. The topological polar surface area (TPSA) is 264 Å². The van der Waals surface area contributed by atoms with E-state index >= 15 is 0 Å². The number of hydrogen-bond acceptors (Lipinski definition) is 13. The van der Waals surface area contributed by atoms with Crippen LogP contribution in [-0.4, -0.2) is 129 Å². The van der Waals surface area contributed by atoms with Crippen LogP contribution in [0.3, 0.4) is 0 Å². The summed E-state index contributed by atoms with van der Waals surface area (Å²) in [7, 11) is 0. The van der Waals surface area contributed by atoms with Crippen LogP contribution in [0.25, 0.3) is 0 Å². The van der Waals surface area contributed by atoms with Gasteiger partial charge in [-0.3, -0.25) is 43.7 Å². The minimum Gasteiger partial charge on any atom is -0.481 e. The van der Waals surface area contributed by atoms with Crippen LogP contribution >= 0.6 is 0 Å². The first-order valence-corrected chi connectivity index (χ1v) is 25.5. The fraction of sp³-hybridized carbons (Fsp3) is 0.731. The highest BCUT2D eigenvalue weighted by atomic mass is 16.5. The van der Waals surface area contributed by atoms with Gasteiger partial charge in [-0.15, -0.1) is 0 Å². The summed E-state index contributed by atoms with van der Waals surface area (Å²) >= 11 is 0. The number of carboxylic acid groups (broad SMARTS) is 2. The van der Waals surface area contributed by atoms with E-state index in [1.165, 1.54) is 44.9 Å². The molecule has 6 N–H and O–H groups in total. The first-order valence-electron chi connectivity index (χ1n) is 25.5.